The van der Waals surface area contributed by atoms with Gasteiger partial charge in [-0.25, -0.2) is 4.98 Å². The molecule has 0 aromatic carbocycles. The lowest BCUT2D eigenvalue weighted by Crippen LogP contribution is -2.31. The highest BCUT2D eigenvalue weighted by molar-refractivity contribution is 5.93. The van der Waals surface area contributed by atoms with E-state index in [0.717, 1.165) is 11.3 Å². The van der Waals surface area contributed by atoms with Crippen LogP contribution in [-0.4, -0.2) is 25.5 Å². The molecule has 0 atom stereocenters. The summed E-state index contributed by atoms with van der Waals surface area (Å²) >= 11 is 0. The van der Waals surface area contributed by atoms with Gasteiger partial charge in [0.05, 0.1) is 6.20 Å². The van der Waals surface area contributed by atoms with Crippen LogP contribution in [0.1, 0.15) is 21.6 Å². The first kappa shape index (κ1) is 13.0. The Morgan fingerprint density at radius 2 is 2.24 bits per heavy atom. The van der Waals surface area contributed by atoms with Crippen molar-refractivity contribution in [3.05, 3.63) is 64.0 Å². The van der Waals surface area contributed by atoms with Crippen LogP contribution in [-0.2, 0) is 6.54 Å². The first-order chi connectivity index (χ1) is 10.2. The van der Waals surface area contributed by atoms with Crippen molar-refractivity contribution in [3.63, 3.8) is 0 Å². The van der Waals surface area contributed by atoms with Crippen molar-refractivity contribution in [2.24, 2.45) is 0 Å². The normalized spacial score (nSPS) is 10.7. The van der Waals surface area contributed by atoms with E-state index in [4.69, 9.17) is 0 Å². The van der Waals surface area contributed by atoms with Crippen LogP contribution in [0.25, 0.3) is 5.65 Å². The van der Waals surface area contributed by atoms with E-state index in [2.05, 4.69) is 20.5 Å². The molecule has 3 aromatic heterocycles. The highest BCUT2D eigenvalue weighted by Gasteiger charge is 2.13. The van der Waals surface area contributed by atoms with Crippen LogP contribution in [0.3, 0.4) is 0 Å². The number of rotatable bonds is 3. The van der Waals surface area contributed by atoms with Gasteiger partial charge in [0.1, 0.15) is 11.2 Å². The molecule has 0 aliphatic rings. The fourth-order valence-corrected chi connectivity index (χ4v) is 2.01. The second-order valence-corrected chi connectivity index (χ2v) is 4.61. The van der Waals surface area contributed by atoms with Gasteiger partial charge in [-0.3, -0.25) is 19.1 Å². The third kappa shape index (κ3) is 2.40. The number of hydrogen-bond acceptors (Lipinski definition) is 4. The quantitative estimate of drug-likeness (QED) is 0.738. The Morgan fingerprint density at radius 3 is 3.00 bits per heavy atom. The van der Waals surface area contributed by atoms with E-state index in [1.54, 1.807) is 30.6 Å². The number of hydrogen-bond donors (Lipinski definition) is 2. The largest absolute Gasteiger partial charge is 0.348 e. The third-order valence-corrected chi connectivity index (χ3v) is 3.23. The number of nitrogens with one attached hydrogen (secondary N) is 2. The number of fused-ring (bicyclic) bond motifs is 1. The van der Waals surface area contributed by atoms with Gasteiger partial charge in [0.2, 0.25) is 0 Å². The SMILES string of the molecule is Cc1[nH]ncc1CNC(=O)c1cnc2ccccn2c1=O. The molecule has 21 heavy (non-hydrogen) atoms. The van der Waals surface area contributed by atoms with Gasteiger partial charge < -0.3 is 5.32 Å². The molecule has 3 rings (SSSR count). The standard InChI is InChI=1S/C14H13N5O2/c1-9-10(7-17-18-9)6-16-13(20)11-8-15-12-4-2-3-5-19(12)14(11)21/h2-5,7-8H,6H2,1H3,(H,16,20)(H,17,18). The molecule has 0 fully saturated rings. The number of aromatic amines is 1. The fourth-order valence-electron chi connectivity index (χ4n) is 2.01. The fraction of sp³-hybridized carbons (Fsp3) is 0.143. The molecule has 0 radical (unpaired) electrons. The van der Waals surface area contributed by atoms with Crippen LogP contribution in [0.4, 0.5) is 0 Å². The average molecular weight is 283 g/mol. The number of amides is 1. The van der Waals surface area contributed by atoms with Gasteiger partial charge in [-0.05, 0) is 19.1 Å². The van der Waals surface area contributed by atoms with E-state index < -0.39 is 5.91 Å². The van der Waals surface area contributed by atoms with Crippen molar-refractivity contribution in [2.75, 3.05) is 0 Å². The van der Waals surface area contributed by atoms with Crippen molar-refractivity contribution < 1.29 is 4.79 Å². The van der Waals surface area contributed by atoms with Crippen molar-refractivity contribution >= 4 is 11.6 Å². The molecule has 106 valence electrons. The highest BCUT2D eigenvalue weighted by atomic mass is 16.2. The number of aromatic nitrogens is 4. The van der Waals surface area contributed by atoms with Crippen LogP contribution >= 0.6 is 0 Å². The molecule has 3 heterocycles. The van der Waals surface area contributed by atoms with Crippen molar-refractivity contribution in [3.8, 4) is 0 Å². The lowest BCUT2D eigenvalue weighted by Gasteiger charge is -2.05. The maximum absolute atomic E-state index is 12.2. The monoisotopic (exact) mass is 283 g/mol. The summed E-state index contributed by atoms with van der Waals surface area (Å²) in [6, 6.07) is 5.20. The summed E-state index contributed by atoms with van der Waals surface area (Å²) in [5.74, 6) is -0.452. The molecule has 0 unspecified atom stereocenters. The van der Waals surface area contributed by atoms with Gasteiger partial charge in [0, 0.05) is 30.2 Å². The van der Waals surface area contributed by atoms with E-state index >= 15 is 0 Å². The second kappa shape index (κ2) is 5.20. The van der Waals surface area contributed by atoms with E-state index in [1.165, 1.54) is 10.6 Å². The van der Waals surface area contributed by atoms with E-state index in [0.29, 0.717) is 12.2 Å². The smallest absolute Gasteiger partial charge is 0.270 e. The van der Waals surface area contributed by atoms with Gasteiger partial charge >= 0.3 is 0 Å². The molecule has 1 amide bonds. The van der Waals surface area contributed by atoms with Crippen LogP contribution in [0.2, 0.25) is 0 Å². The van der Waals surface area contributed by atoms with Gasteiger partial charge in [-0.2, -0.15) is 5.10 Å². The highest BCUT2D eigenvalue weighted by Crippen LogP contribution is 2.02. The van der Waals surface area contributed by atoms with E-state index in [9.17, 15) is 9.59 Å². The predicted molar refractivity (Wildman–Crippen MR) is 76.0 cm³/mol. The van der Waals surface area contributed by atoms with Crippen LogP contribution < -0.4 is 10.9 Å². The molecule has 0 aliphatic carbocycles. The number of pyridine rings is 1. The summed E-state index contributed by atoms with van der Waals surface area (Å²) in [5.41, 5.74) is 1.88. The zero-order valence-electron chi connectivity index (χ0n) is 11.3. The maximum atomic E-state index is 12.2. The Bertz CT molecular complexity index is 865. The summed E-state index contributed by atoms with van der Waals surface area (Å²) < 4.78 is 1.35. The molecule has 0 saturated heterocycles. The Hall–Kier alpha value is -2.96. The topological polar surface area (TPSA) is 92.2 Å². The Balaban J connectivity index is 1.86. The predicted octanol–water partition coefficient (Wildman–Crippen LogP) is 0.656. The number of H-pyrrole nitrogens is 1. The van der Waals surface area contributed by atoms with Crippen molar-refractivity contribution in [1.29, 1.82) is 0 Å². The Morgan fingerprint density at radius 1 is 1.38 bits per heavy atom. The third-order valence-electron chi connectivity index (χ3n) is 3.23. The molecule has 2 N–H and O–H groups in total. The number of nitrogens with zero attached hydrogens (tertiary/aromatic N) is 3. The number of carbonyl (C=O) groups is 1. The van der Waals surface area contributed by atoms with Crippen LogP contribution in [0.15, 0.2) is 41.6 Å². The van der Waals surface area contributed by atoms with Crippen LogP contribution in [0.5, 0.6) is 0 Å². The van der Waals surface area contributed by atoms with E-state index in [-0.39, 0.29) is 11.1 Å². The van der Waals surface area contributed by atoms with Gasteiger partial charge in [-0.1, -0.05) is 6.07 Å². The zero-order chi connectivity index (χ0) is 14.8. The first-order valence-electron chi connectivity index (χ1n) is 6.40. The second-order valence-electron chi connectivity index (χ2n) is 4.61. The van der Waals surface area contributed by atoms with Crippen molar-refractivity contribution in [1.82, 2.24) is 24.9 Å². The molecule has 0 spiro atoms. The Labute approximate surface area is 119 Å². The van der Waals surface area contributed by atoms with Gasteiger partial charge in [0.25, 0.3) is 11.5 Å². The molecule has 7 nitrogen and oxygen atoms in total. The summed E-state index contributed by atoms with van der Waals surface area (Å²) in [6.07, 6.45) is 4.53. The molecule has 0 bridgehead atoms. The Kier molecular flexibility index (Phi) is 3.23. The van der Waals surface area contributed by atoms with Gasteiger partial charge in [-0.15, -0.1) is 0 Å². The van der Waals surface area contributed by atoms with E-state index in [1.807, 2.05) is 6.92 Å². The van der Waals surface area contributed by atoms with Gasteiger partial charge in [0.15, 0.2) is 0 Å². The molecule has 3 aromatic rings. The molecule has 7 heteroatoms. The zero-order valence-corrected chi connectivity index (χ0v) is 11.3. The van der Waals surface area contributed by atoms with Crippen LogP contribution in [0, 0.1) is 6.92 Å². The maximum Gasteiger partial charge on any atom is 0.270 e. The minimum absolute atomic E-state index is 0.0137. The minimum atomic E-state index is -0.452. The number of aryl methyl sites for hydroxylation is 1. The average Bonchev–Trinajstić information content (AvgIpc) is 2.91. The lowest BCUT2D eigenvalue weighted by molar-refractivity contribution is 0.0949. The van der Waals surface area contributed by atoms with Crippen molar-refractivity contribution in [2.45, 2.75) is 13.5 Å². The summed E-state index contributed by atoms with van der Waals surface area (Å²) in [6.45, 7) is 2.17. The summed E-state index contributed by atoms with van der Waals surface area (Å²) in [4.78, 5) is 28.5. The molecular formula is C14H13N5O2. The summed E-state index contributed by atoms with van der Waals surface area (Å²) in [5, 5.41) is 9.36. The molecule has 0 aliphatic heterocycles. The molecule has 0 saturated carbocycles. The lowest BCUT2D eigenvalue weighted by atomic mass is 10.2. The minimum Gasteiger partial charge on any atom is -0.348 e. The number of carbonyl (C=O) groups excluding carboxylic acids is 1. The molecular weight excluding hydrogens is 270 g/mol. The summed E-state index contributed by atoms with van der Waals surface area (Å²) in [7, 11) is 0. The first-order valence-corrected chi connectivity index (χ1v) is 6.40.